The van der Waals surface area contributed by atoms with Gasteiger partial charge in [0, 0.05) is 40.9 Å². The Kier molecular flexibility index (Phi) is 2.98. The zero-order valence-corrected chi connectivity index (χ0v) is 13.7. The van der Waals surface area contributed by atoms with Gasteiger partial charge >= 0.3 is 0 Å². The molecule has 4 heteroatoms. The summed E-state index contributed by atoms with van der Waals surface area (Å²) in [7, 11) is 0. The van der Waals surface area contributed by atoms with E-state index in [-0.39, 0.29) is 5.82 Å². The summed E-state index contributed by atoms with van der Waals surface area (Å²) in [6.07, 6.45) is 1.07. The van der Waals surface area contributed by atoms with Crippen LogP contribution in [-0.4, -0.2) is 29.1 Å². The third-order valence-corrected chi connectivity index (χ3v) is 5.63. The molecule has 2 atom stereocenters. The van der Waals surface area contributed by atoms with E-state index in [2.05, 4.69) is 46.0 Å². The molecule has 2 aliphatic rings. The number of fused-ring (bicyclic) bond motifs is 4. The van der Waals surface area contributed by atoms with Crippen molar-refractivity contribution in [2.24, 2.45) is 0 Å². The van der Waals surface area contributed by atoms with Crippen molar-refractivity contribution in [2.75, 3.05) is 18.1 Å². The molecule has 0 saturated carbocycles. The highest BCUT2D eigenvalue weighted by Crippen LogP contribution is 2.40. The van der Waals surface area contributed by atoms with Crippen molar-refractivity contribution in [3.8, 4) is 0 Å². The first-order chi connectivity index (χ1) is 11.7. The van der Waals surface area contributed by atoms with Crippen LogP contribution in [0.25, 0.3) is 10.9 Å². The average molecular weight is 321 g/mol. The first-order valence-electron chi connectivity index (χ1n) is 8.56. The summed E-state index contributed by atoms with van der Waals surface area (Å²) in [4.78, 5) is 8.54. The van der Waals surface area contributed by atoms with E-state index in [0.717, 1.165) is 25.3 Å². The summed E-state index contributed by atoms with van der Waals surface area (Å²) in [5, 5.41) is 1.36. The van der Waals surface area contributed by atoms with E-state index in [1.165, 1.54) is 22.2 Å². The van der Waals surface area contributed by atoms with Gasteiger partial charge in [-0.2, -0.15) is 0 Å². The van der Waals surface area contributed by atoms with Gasteiger partial charge in [0.05, 0.1) is 6.67 Å². The van der Waals surface area contributed by atoms with Gasteiger partial charge in [-0.15, -0.1) is 0 Å². The number of anilines is 1. The number of rotatable bonds is 1. The van der Waals surface area contributed by atoms with E-state index in [4.69, 9.17) is 0 Å². The Morgan fingerprint density at radius 3 is 2.71 bits per heavy atom. The highest BCUT2D eigenvalue weighted by atomic mass is 19.1. The van der Waals surface area contributed by atoms with Crippen LogP contribution in [0.1, 0.15) is 24.2 Å². The van der Waals surface area contributed by atoms with E-state index in [1.54, 1.807) is 12.1 Å². The molecule has 0 spiro atoms. The highest BCUT2D eigenvalue weighted by Gasteiger charge is 2.40. The van der Waals surface area contributed by atoms with Crippen molar-refractivity contribution in [1.82, 2.24) is 9.88 Å². The predicted molar refractivity (Wildman–Crippen MR) is 94.7 cm³/mol. The number of aromatic amines is 1. The van der Waals surface area contributed by atoms with Crippen LogP contribution < -0.4 is 4.90 Å². The molecule has 0 radical (unpaired) electrons. The zero-order valence-electron chi connectivity index (χ0n) is 13.7. The van der Waals surface area contributed by atoms with Crippen molar-refractivity contribution in [1.29, 1.82) is 0 Å². The van der Waals surface area contributed by atoms with Gasteiger partial charge in [-0.3, -0.25) is 4.90 Å². The van der Waals surface area contributed by atoms with Crippen molar-refractivity contribution < 1.29 is 4.39 Å². The number of H-pyrrole nitrogens is 1. The Hall–Kier alpha value is -2.33. The minimum Gasteiger partial charge on any atom is -0.357 e. The summed E-state index contributed by atoms with van der Waals surface area (Å²) in [6.45, 7) is 4.18. The van der Waals surface area contributed by atoms with Gasteiger partial charge in [0.25, 0.3) is 0 Å². The number of hydrogen-bond acceptors (Lipinski definition) is 2. The third kappa shape index (κ3) is 1.99. The quantitative estimate of drug-likeness (QED) is 0.730. The molecule has 1 N–H and O–H groups in total. The number of hydrogen-bond donors (Lipinski definition) is 1. The first kappa shape index (κ1) is 14.1. The molecule has 1 saturated heterocycles. The molecule has 0 aliphatic carbocycles. The molecule has 0 bridgehead atoms. The minimum absolute atomic E-state index is 0.175. The Balaban J connectivity index is 1.49. The maximum Gasteiger partial charge on any atom is 0.123 e. The molecular weight excluding hydrogens is 301 g/mol. The summed E-state index contributed by atoms with van der Waals surface area (Å²) in [5.74, 6) is -0.175. The van der Waals surface area contributed by atoms with Crippen molar-refractivity contribution >= 4 is 16.6 Å². The third-order valence-electron chi connectivity index (χ3n) is 5.63. The molecule has 2 aromatic carbocycles. The van der Waals surface area contributed by atoms with Crippen LogP contribution >= 0.6 is 0 Å². The molecule has 122 valence electrons. The fourth-order valence-corrected chi connectivity index (χ4v) is 4.39. The van der Waals surface area contributed by atoms with Gasteiger partial charge in [-0.25, -0.2) is 4.39 Å². The maximum atomic E-state index is 13.2. The standard InChI is InChI=1S/C20H20FN3/c1-13-20-18(17-4-2-3-5-19(17)22-20)10-16-11-23(12-24(13)16)15-8-6-14(21)7-9-15/h2-9,13,16,22H,10-12H2,1H3. The molecule has 24 heavy (non-hydrogen) atoms. The molecule has 2 aliphatic heterocycles. The van der Waals surface area contributed by atoms with Gasteiger partial charge in [0.1, 0.15) is 5.82 Å². The molecule has 3 aromatic rings. The van der Waals surface area contributed by atoms with Crippen molar-refractivity contribution in [3.05, 3.63) is 65.6 Å². The topological polar surface area (TPSA) is 22.3 Å². The Labute approximate surface area is 140 Å². The van der Waals surface area contributed by atoms with Crippen LogP contribution in [0.2, 0.25) is 0 Å². The number of benzene rings is 2. The van der Waals surface area contributed by atoms with Crippen LogP contribution in [0.4, 0.5) is 10.1 Å². The maximum absolute atomic E-state index is 13.2. The fourth-order valence-electron chi connectivity index (χ4n) is 4.39. The molecule has 1 fully saturated rings. The zero-order chi connectivity index (χ0) is 16.3. The average Bonchev–Trinajstić information content (AvgIpc) is 3.18. The Morgan fingerprint density at radius 1 is 1.08 bits per heavy atom. The van der Waals surface area contributed by atoms with E-state index >= 15 is 0 Å². The van der Waals surface area contributed by atoms with Gasteiger partial charge < -0.3 is 9.88 Å². The van der Waals surface area contributed by atoms with E-state index < -0.39 is 0 Å². The van der Waals surface area contributed by atoms with Crippen LogP contribution in [0, 0.1) is 5.82 Å². The minimum atomic E-state index is -0.175. The fraction of sp³-hybridized carbons (Fsp3) is 0.300. The lowest BCUT2D eigenvalue weighted by Gasteiger charge is -2.34. The van der Waals surface area contributed by atoms with Crippen LogP contribution in [-0.2, 0) is 6.42 Å². The monoisotopic (exact) mass is 321 g/mol. The number of nitrogens with one attached hydrogen (secondary N) is 1. The lowest BCUT2D eigenvalue weighted by atomic mass is 9.93. The van der Waals surface area contributed by atoms with Gasteiger partial charge in [0.2, 0.25) is 0 Å². The SMILES string of the molecule is CC1c2[nH]c3ccccc3c2CC2CN(c3ccc(F)cc3)CN21. The number of nitrogens with zero attached hydrogens (tertiary/aromatic N) is 2. The molecule has 5 rings (SSSR count). The second-order valence-corrected chi connectivity index (χ2v) is 6.95. The van der Waals surface area contributed by atoms with Gasteiger partial charge in [0.15, 0.2) is 0 Å². The second kappa shape index (κ2) is 5.08. The number of aromatic nitrogens is 1. The van der Waals surface area contributed by atoms with Crippen molar-refractivity contribution in [3.63, 3.8) is 0 Å². The summed E-state index contributed by atoms with van der Waals surface area (Å²) < 4.78 is 13.2. The van der Waals surface area contributed by atoms with E-state index in [0.29, 0.717) is 12.1 Å². The number of para-hydroxylation sites is 1. The second-order valence-electron chi connectivity index (χ2n) is 6.95. The highest BCUT2D eigenvalue weighted by molar-refractivity contribution is 5.85. The van der Waals surface area contributed by atoms with Crippen molar-refractivity contribution in [2.45, 2.75) is 25.4 Å². The summed E-state index contributed by atoms with van der Waals surface area (Å²) in [5.41, 5.74) is 5.17. The molecular formula is C20H20FN3. The lowest BCUT2D eigenvalue weighted by Crippen LogP contribution is -2.39. The Bertz CT molecular complexity index is 899. The van der Waals surface area contributed by atoms with Gasteiger partial charge in [-0.1, -0.05) is 18.2 Å². The van der Waals surface area contributed by atoms with E-state index in [1.807, 2.05) is 12.1 Å². The van der Waals surface area contributed by atoms with Crippen LogP contribution in [0.15, 0.2) is 48.5 Å². The Morgan fingerprint density at radius 2 is 1.88 bits per heavy atom. The van der Waals surface area contributed by atoms with Crippen LogP contribution in [0.5, 0.6) is 0 Å². The predicted octanol–water partition coefficient (Wildman–Crippen LogP) is 4.07. The molecule has 2 unspecified atom stereocenters. The van der Waals surface area contributed by atoms with E-state index in [9.17, 15) is 4.39 Å². The molecule has 3 heterocycles. The smallest absolute Gasteiger partial charge is 0.123 e. The lowest BCUT2D eigenvalue weighted by molar-refractivity contribution is 0.178. The molecule has 3 nitrogen and oxygen atoms in total. The number of halogens is 1. The normalized spacial score (nSPS) is 23.5. The largest absolute Gasteiger partial charge is 0.357 e. The summed E-state index contributed by atoms with van der Waals surface area (Å²) in [6, 6.07) is 16.3. The van der Waals surface area contributed by atoms with Crippen LogP contribution in [0.3, 0.4) is 0 Å². The first-order valence-corrected chi connectivity index (χ1v) is 8.56. The molecule has 1 aromatic heterocycles. The molecule has 0 amide bonds. The summed E-state index contributed by atoms with van der Waals surface area (Å²) >= 11 is 0. The van der Waals surface area contributed by atoms with Gasteiger partial charge in [-0.05, 0) is 49.2 Å².